The Balaban J connectivity index is 2.91. The van der Waals surface area contributed by atoms with Gasteiger partial charge < -0.3 is 5.32 Å². The highest BCUT2D eigenvalue weighted by atomic mass is 35.5. The number of hydrogen-bond donors (Lipinski definition) is 1. The first-order valence-electron chi connectivity index (χ1n) is 3.11. The zero-order valence-corrected chi connectivity index (χ0v) is 7.34. The first kappa shape index (κ1) is 9.54. The van der Waals surface area contributed by atoms with E-state index in [0.717, 1.165) is 13.1 Å². The van der Waals surface area contributed by atoms with Crippen molar-refractivity contribution in [2.24, 2.45) is 0 Å². The van der Waals surface area contributed by atoms with Crippen molar-refractivity contribution in [3.63, 3.8) is 0 Å². The Morgan fingerprint density at radius 3 is 1.67 bits per heavy atom. The third kappa shape index (κ3) is 8.54. The maximum Gasteiger partial charge on any atom is 0.0432 e. The number of nitrogens with one attached hydrogen (secondary N) is 1. The van der Waals surface area contributed by atoms with Gasteiger partial charge in [-0.1, -0.05) is 0 Å². The summed E-state index contributed by atoms with van der Waals surface area (Å²) in [7, 11) is 0. The summed E-state index contributed by atoms with van der Waals surface area (Å²) in [5.41, 5.74) is 0. The van der Waals surface area contributed by atoms with Crippen molar-refractivity contribution in [2.45, 2.75) is 24.6 Å². The van der Waals surface area contributed by atoms with Gasteiger partial charge in [0.1, 0.15) is 0 Å². The van der Waals surface area contributed by atoms with E-state index < -0.39 is 0 Å². The van der Waals surface area contributed by atoms with Crippen LogP contribution in [0.15, 0.2) is 0 Å². The third-order valence-corrected chi connectivity index (χ3v) is 1.16. The molecule has 0 fully saturated rings. The second-order valence-corrected chi connectivity index (χ2v) is 3.71. The van der Waals surface area contributed by atoms with Crippen LogP contribution in [0, 0.1) is 0 Å². The lowest BCUT2D eigenvalue weighted by molar-refractivity contribution is 0.669. The van der Waals surface area contributed by atoms with Crippen LogP contribution in [-0.2, 0) is 0 Å². The van der Waals surface area contributed by atoms with Crippen LogP contribution < -0.4 is 5.32 Å². The van der Waals surface area contributed by atoms with E-state index in [0.29, 0.717) is 0 Å². The number of hydrogen-bond acceptors (Lipinski definition) is 1. The number of rotatable bonds is 4. The third-order valence-electron chi connectivity index (χ3n) is 0.851. The number of alkyl halides is 2. The normalized spacial score (nSPS) is 17.3. The molecular weight excluding hydrogens is 157 g/mol. The SMILES string of the molecule is C[C@@H](Cl)CNC[C@@H](C)Cl. The van der Waals surface area contributed by atoms with Crippen LogP contribution in [0.25, 0.3) is 0 Å². The molecule has 0 rings (SSSR count). The van der Waals surface area contributed by atoms with Crippen molar-refractivity contribution in [3.8, 4) is 0 Å². The Labute approximate surface area is 66.7 Å². The monoisotopic (exact) mass is 169 g/mol. The maximum absolute atomic E-state index is 5.66. The molecule has 0 unspecified atom stereocenters. The van der Waals surface area contributed by atoms with E-state index in [2.05, 4.69) is 5.32 Å². The molecule has 1 N–H and O–H groups in total. The van der Waals surface area contributed by atoms with Crippen LogP contribution in [0.5, 0.6) is 0 Å². The lowest BCUT2D eigenvalue weighted by Gasteiger charge is -2.06. The fourth-order valence-electron chi connectivity index (χ4n) is 0.481. The standard InChI is InChI=1S/C6H13Cl2N/c1-5(7)3-9-4-6(2)8/h5-6,9H,3-4H2,1-2H3/t5-,6-/m1/s1. The van der Waals surface area contributed by atoms with Gasteiger partial charge in [-0.2, -0.15) is 0 Å². The van der Waals surface area contributed by atoms with Gasteiger partial charge in [-0.25, -0.2) is 0 Å². The lowest BCUT2D eigenvalue weighted by atomic mass is 10.4. The van der Waals surface area contributed by atoms with Gasteiger partial charge in [-0.3, -0.25) is 0 Å². The highest BCUT2D eigenvalue weighted by Crippen LogP contribution is 1.92. The summed E-state index contributed by atoms with van der Waals surface area (Å²) >= 11 is 11.3. The van der Waals surface area contributed by atoms with Gasteiger partial charge in [0.25, 0.3) is 0 Å². The summed E-state index contributed by atoms with van der Waals surface area (Å²) in [6, 6.07) is 0. The minimum Gasteiger partial charge on any atom is -0.314 e. The molecule has 0 aromatic heterocycles. The van der Waals surface area contributed by atoms with E-state index in [1.807, 2.05) is 13.8 Å². The molecule has 0 saturated heterocycles. The van der Waals surface area contributed by atoms with Gasteiger partial charge in [0.15, 0.2) is 0 Å². The van der Waals surface area contributed by atoms with Crippen molar-refractivity contribution < 1.29 is 0 Å². The molecule has 56 valence electrons. The molecule has 0 aliphatic heterocycles. The fraction of sp³-hybridized carbons (Fsp3) is 1.00. The van der Waals surface area contributed by atoms with Crippen molar-refractivity contribution in [1.29, 1.82) is 0 Å². The van der Waals surface area contributed by atoms with Gasteiger partial charge in [-0.05, 0) is 13.8 Å². The minimum absolute atomic E-state index is 0.195. The Kier molecular flexibility index (Phi) is 5.65. The molecule has 0 heterocycles. The first-order chi connectivity index (χ1) is 4.13. The van der Waals surface area contributed by atoms with E-state index in [1.165, 1.54) is 0 Å². The molecule has 0 radical (unpaired) electrons. The molecule has 0 aromatic rings. The van der Waals surface area contributed by atoms with Gasteiger partial charge in [0.05, 0.1) is 0 Å². The minimum atomic E-state index is 0.195. The molecule has 2 atom stereocenters. The topological polar surface area (TPSA) is 12.0 Å². The van der Waals surface area contributed by atoms with Crippen LogP contribution >= 0.6 is 23.2 Å². The summed E-state index contributed by atoms with van der Waals surface area (Å²) < 4.78 is 0. The molecule has 1 nitrogen and oxygen atoms in total. The fourth-order valence-corrected chi connectivity index (χ4v) is 0.699. The van der Waals surface area contributed by atoms with Crippen LogP contribution in [-0.4, -0.2) is 23.8 Å². The van der Waals surface area contributed by atoms with Crippen molar-refractivity contribution in [2.75, 3.05) is 13.1 Å². The van der Waals surface area contributed by atoms with Gasteiger partial charge in [-0.15, -0.1) is 23.2 Å². The largest absolute Gasteiger partial charge is 0.314 e. The zero-order valence-electron chi connectivity index (χ0n) is 5.82. The molecule has 3 heteroatoms. The highest BCUT2D eigenvalue weighted by Gasteiger charge is 1.96. The summed E-state index contributed by atoms with van der Waals surface area (Å²) in [5.74, 6) is 0. The van der Waals surface area contributed by atoms with E-state index in [9.17, 15) is 0 Å². The van der Waals surface area contributed by atoms with Crippen molar-refractivity contribution in [1.82, 2.24) is 5.32 Å². The Hall–Kier alpha value is 0.540. The quantitative estimate of drug-likeness (QED) is 0.634. The molecular formula is C6H13Cl2N. The van der Waals surface area contributed by atoms with Gasteiger partial charge >= 0.3 is 0 Å². The van der Waals surface area contributed by atoms with E-state index in [1.54, 1.807) is 0 Å². The molecule has 0 bridgehead atoms. The molecule has 0 aliphatic rings. The molecule has 0 spiro atoms. The highest BCUT2D eigenvalue weighted by molar-refractivity contribution is 6.21. The second kappa shape index (κ2) is 5.33. The van der Waals surface area contributed by atoms with Gasteiger partial charge in [0.2, 0.25) is 0 Å². The van der Waals surface area contributed by atoms with Crippen LogP contribution in [0.2, 0.25) is 0 Å². The van der Waals surface area contributed by atoms with Crippen molar-refractivity contribution in [3.05, 3.63) is 0 Å². The lowest BCUT2D eigenvalue weighted by Crippen LogP contribution is -2.26. The smallest absolute Gasteiger partial charge is 0.0432 e. The van der Waals surface area contributed by atoms with E-state index >= 15 is 0 Å². The van der Waals surface area contributed by atoms with Gasteiger partial charge in [0, 0.05) is 23.8 Å². The summed E-state index contributed by atoms with van der Waals surface area (Å²) in [4.78, 5) is 0. The van der Waals surface area contributed by atoms with E-state index in [-0.39, 0.29) is 10.8 Å². The molecule has 0 amide bonds. The van der Waals surface area contributed by atoms with Crippen molar-refractivity contribution >= 4 is 23.2 Å². The Bertz CT molecular complexity index is 56.1. The predicted molar refractivity (Wildman–Crippen MR) is 43.5 cm³/mol. The predicted octanol–water partition coefficient (Wildman–Crippen LogP) is 1.83. The first-order valence-corrected chi connectivity index (χ1v) is 3.99. The molecule has 0 saturated carbocycles. The molecule has 9 heavy (non-hydrogen) atoms. The van der Waals surface area contributed by atoms with E-state index in [4.69, 9.17) is 23.2 Å². The molecule has 0 aliphatic carbocycles. The average Bonchev–Trinajstić information content (AvgIpc) is 1.63. The summed E-state index contributed by atoms with van der Waals surface area (Å²) in [6.45, 7) is 5.57. The molecule has 0 aromatic carbocycles. The average molecular weight is 170 g/mol. The number of halogens is 2. The van der Waals surface area contributed by atoms with Crippen LogP contribution in [0.1, 0.15) is 13.8 Å². The van der Waals surface area contributed by atoms with Crippen LogP contribution in [0.3, 0.4) is 0 Å². The zero-order chi connectivity index (χ0) is 7.28. The summed E-state index contributed by atoms with van der Waals surface area (Å²) in [5, 5.41) is 3.51. The van der Waals surface area contributed by atoms with Crippen LogP contribution in [0.4, 0.5) is 0 Å². The summed E-state index contributed by atoms with van der Waals surface area (Å²) in [6.07, 6.45) is 0. The maximum atomic E-state index is 5.66. The Morgan fingerprint density at radius 2 is 1.44 bits per heavy atom. The Morgan fingerprint density at radius 1 is 1.11 bits per heavy atom. The second-order valence-electron chi connectivity index (χ2n) is 2.22.